The van der Waals surface area contributed by atoms with Crippen molar-refractivity contribution in [3.63, 3.8) is 0 Å². The predicted octanol–water partition coefficient (Wildman–Crippen LogP) is 4.15. The van der Waals surface area contributed by atoms with Gasteiger partial charge in [0, 0.05) is 23.8 Å². The van der Waals surface area contributed by atoms with Gasteiger partial charge in [-0.2, -0.15) is 0 Å². The Morgan fingerprint density at radius 3 is 2.80 bits per heavy atom. The first-order valence-corrected chi connectivity index (χ1v) is 8.01. The summed E-state index contributed by atoms with van der Waals surface area (Å²) in [7, 11) is 0. The van der Waals surface area contributed by atoms with Crippen LogP contribution in [0.15, 0.2) is 36.0 Å². The Morgan fingerprint density at radius 1 is 1.15 bits per heavy atom. The van der Waals surface area contributed by atoms with Gasteiger partial charge in [-0.25, -0.2) is 9.97 Å². The molecule has 0 amide bonds. The highest BCUT2D eigenvalue weighted by Crippen LogP contribution is 2.32. The number of hydrogen-bond donors (Lipinski definition) is 1. The number of anilines is 1. The molecule has 0 aliphatic rings. The zero-order valence-corrected chi connectivity index (χ0v) is 12.8. The average Bonchev–Trinajstić information content (AvgIpc) is 3.07. The van der Waals surface area contributed by atoms with Crippen molar-refractivity contribution in [2.75, 3.05) is 5.32 Å². The summed E-state index contributed by atoms with van der Waals surface area (Å²) < 4.78 is 0. The maximum atomic E-state index is 4.59. The highest BCUT2D eigenvalue weighted by Gasteiger charge is 2.10. The molecule has 20 heavy (non-hydrogen) atoms. The van der Waals surface area contributed by atoms with Crippen molar-refractivity contribution >= 4 is 27.8 Å². The lowest BCUT2D eigenvalue weighted by atomic mass is 10.4. The average molecular weight is 302 g/mol. The van der Waals surface area contributed by atoms with Crippen LogP contribution in [0.3, 0.4) is 0 Å². The third-order valence-electron chi connectivity index (χ3n) is 2.56. The topological polar surface area (TPSA) is 50.7 Å². The monoisotopic (exact) mass is 302 g/mol. The van der Waals surface area contributed by atoms with Crippen LogP contribution in [-0.2, 0) is 0 Å². The molecule has 3 heterocycles. The van der Waals surface area contributed by atoms with Crippen molar-refractivity contribution in [1.82, 2.24) is 15.0 Å². The summed E-state index contributed by atoms with van der Waals surface area (Å²) in [4.78, 5) is 14.4. The third-order valence-corrected chi connectivity index (χ3v) is 4.37. The summed E-state index contributed by atoms with van der Waals surface area (Å²) in [5.41, 5.74) is 1.87. The Hall–Kier alpha value is -1.79. The Morgan fingerprint density at radius 2 is 2.05 bits per heavy atom. The third kappa shape index (κ3) is 2.86. The lowest BCUT2D eigenvalue weighted by molar-refractivity contribution is 0.897. The molecule has 0 radical (unpaired) electrons. The van der Waals surface area contributed by atoms with Crippen molar-refractivity contribution in [3.8, 4) is 21.3 Å². The van der Waals surface area contributed by atoms with Crippen molar-refractivity contribution in [2.24, 2.45) is 0 Å². The van der Waals surface area contributed by atoms with Gasteiger partial charge in [0.15, 0.2) is 5.13 Å². The van der Waals surface area contributed by atoms with E-state index < -0.39 is 0 Å². The fourth-order valence-electron chi connectivity index (χ4n) is 1.70. The number of hydrogen-bond acceptors (Lipinski definition) is 6. The number of nitrogens with one attached hydrogen (secondary N) is 1. The van der Waals surface area contributed by atoms with Crippen LogP contribution in [0.4, 0.5) is 5.13 Å². The van der Waals surface area contributed by atoms with Crippen LogP contribution in [-0.4, -0.2) is 21.0 Å². The zero-order chi connectivity index (χ0) is 13.9. The molecule has 0 atom stereocenters. The van der Waals surface area contributed by atoms with Gasteiger partial charge in [-0.3, -0.25) is 4.98 Å². The number of pyridine rings is 1. The molecule has 3 aromatic rings. The number of rotatable bonds is 4. The quantitative estimate of drug-likeness (QED) is 0.786. The fraction of sp³-hybridized carbons (Fsp3) is 0.214. The van der Waals surface area contributed by atoms with E-state index in [0.717, 1.165) is 26.4 Å². The van der Waals surface area contributed by atoms with Gasteiger partial charge in [-0.05, 0) is 26.0 Å². The van der Waals surface area contributed by atoms with Crippen LogP contribution in [0.5, 0.6) is 0 Å². The maximum Gasteiger partial charge on any atom is 0.183 e. The van der Waals surface area contributed by atoms with Crippen LogP contribution in [0.2, 0.25) is 0 Å². The first kappa shape index (κ1) is 13.2. The normalized spacial score (nSPS) is 10.9. The second-order valence-corrected chi connectivity index (χ2v) is 6.47. The van der Waals surface area contributed by atoms with E-state index in [1.165, 1.54) is 0 Å². The van der Waals surface area contributed by atoms with Gasteiger partial charge >= 0.3 is 0 Å². The summed E-state index contributed by atoms with van der Waals surface area (Å²) in [5, 5.41) is 7.24. The smallest absolute Gasteiger partial charge is 0.183 e. The molecule has 0 aromatic carbocycles. The maximum absolute atomic E-state index is 4.59. The van der Waals surface area contributed by atoms with Crippen LogP contribution in [0.25, 0.3) is 21.3 Å². The van der Waals surface area contributed by atoms with Crippen LogP contribution in [0.1, 0.15) is 13.8 Å². The van der Waals surface area contributed by atoms with Gasteiger partial charge in [0.25, 0.3) is 0 Å². The van der Waals surface area contributed by atoms with E-state index in [0.29, 0.717) is 6.04 Å². The molecular formula is C14H14N4S2. The van der Waals surface area contributed by atoms with E-state index in [1.807, 2.05) is 24.4 Å². The molecule has 0 saturated heterocycles. The highest BCUT2D eigenvalue weighted by molar-refractivity contribution is 7.19. The molecule has 6 heteroatoms. The summed E-state index contributed by atoms with van der Waals surface area (Å²) in [6.45, 7) is 4.21. The minimum absolute atomic E-state index is 0.388. The lowest BCUT2D eigenvalue weighted by Crippen LogP contribution is -2.08. The molecule has 4 nitrogen and oxygen atoms in total. The molecule has 3 aromatic heterocycles. The summed E-state index contributed by atoms with van der Waals surface area (Å²) in [6, 6.07) is 6.23. The molecule has 0 unspecified atom stereocenters. The van der Waals surface area contributed by atoms with Gasteiger partial charge < -0.3 is 5.32 Å². The molecule has 0 spiro atoms. The van der Waals surface area contributed by atoms with E-state index in [1.54, 1.807) is 28.9 Å². The van der Waals surface area contributed by atoms with Gasteiger partial charge in [0.1, 0.15) is 5.01 Å². The summed E-state index contributed by atoms with van der Waals surface area (Å²) >= 11 is 3.23. The molecule has 0 aliphatic carbocycles. The molecule has 0 saturated carbocycles. The van der Waals surface area contributed by atoms with Crippen molar-refractivity contribution in [1.29, 1.82) is 0 Å². The second-order valence-electron chi connectivity index (χ2n) is 4.58. The second kappa shape index (κ2) is 5.68. The largest absolute Gasteiger partial charge is 0.359 e. The zero-order valence-electron chi connectivity index (χ0n) is 11.2. The number of aromatic nitrogens is 3. The van der Waals surface area contributed by atoms with Gasteiger partial charge in [0.05, 0.1) is 16.3 Å². The predicted molar refractivity (Wildman–Crippen MR) is 85.2 cm³/mol. The molecule has 0 aliphatic heterocycles. The SMILES string of the molecule is CC(C)Nc1nc(-c2cnc(-c3ccccn3)s2)cs1. The standard InChI is InChI=1S/C14H14N4S2/c1-9(2)17-14-18-11(8-19-14)12-7-16-13(20-12)10-5-3-4-6-15-10/h3-9H,1-2H3,(H,17,18). The molecule has 102 valence electrons. The minimum atomic E-state index is 0.388. The lowest BCUT2D eigenvalue weighted by Gasteiger charge is -2.04. The molecule has 0 fully saturated rings. The first-order chi connectivity index (χ1) is 9.72. The fourth-order valence-corrected chi connectivity index (χ4v) is 3.49. The van der Waals surface area contributed by atoms with Gasteiger partial charge in [0.2, 0.25) is 0 Å². The number of thiazole rings is 2. The molecule has 3 rings (SSSR count). The van der Waals surface area contributed by atoms with E-state index in [-0.39, 0.29) is 0 Å². The Labute approximate surface area is 125 Å². The van der Waals surface area contributed by atoms with Crippen molar-refractivity contribution < 1.29 is 0 Å². The van der Waals surface area contributed by atoms with Crippen LogP contribution < -0.4 is 5.32 Å². The van der Waals surface area contributed by atoms with Gasteiger partial charge in [-0.15, -0.1) is 22.7 Å². The Bertz CT molecular complexity index is 688. The minimum Gasteiger partial charge on any atom is -0.359 e. The van der Waals surface area contributed by atoms with E-state index >= 15 is 0 Å². The van der Waals surface area contributed by atoms with Gasteiger partial charge in [-0.1, -0.05) is 6.07 Å². The highest BCUT2D eigenvalue weighted by atomic mass is 32.1. The first-order valence-electron chi connectivity index (χ1n) is 6.32. The Balaban J connectivity index is 1.85. The van der Waals surface area contributed by atoms with Crippen LogP contribution in [0, 0.1) is 0 Å². The van der Waals surface area contributed by atoms with E-state index in [4.69, 9.17) is 0 Å². The molecular weight excluding hydrogens is 288 g/mol. The molecule has 0 bridgehead atoms. The Kier molecular flexibility index (Phi) is 3.75. The van der Waals surface area contributed by atoms with Crippen molar-refractivity contribution in [3.05, 3.63) is 36.0 Å². The number of nitrogens with zero attached hydrogens (tertiary/aromatic N) is 3. The summed E-state index contributed by atoms with van der Waals surface area (Å²) in [6.07, 6.45) is 3.65. The van der Waals surface area contributed by atoms with Crippen molar-refractivity contribution in [2.45, 2.75) is 19.9 Å². The summed E-state index contributed by atoms with van der Waals surface area (Å²) in [5.74, 6) is 0. The molecule has 1 N–H and O–H groups in total. The van der Waals surface area contributed by atoms with E-state index in [2.05, 4.69) is 39.5 Å². The van der Waals surface area contributed by atoms with E-state index in [9.17, 15) is 0 Å². The van der Waals surface area contributed by atoms with Crippen LogP contribution >= 0.6 is 22.7 Å².